The molecule has 0 radical (unpaired) electrons. The lowest BCUT2D eigenvalue weighted by Gasteiger charge is -2.08. The fourth-order valence-electron chi connectivity index (χ4n) is 1.84. The highest BCUT2D eigenvalue weighted by Crippen LogP contribution is 2.14. The van der Waals surface area contributed by atoms with E-state index in [-0.39, 0.29) is 36.4 Å². The molecule has 2 aromatic carbocycles. The van der Waals surface area contributed by atoms with Crippen LogP contribution >= 0.6 is 23.4 Å². The number of hydrogen-bond acceptors (Lipinski definition) is 5. The van der Waals surface area contributed by atoms with E-state index >= 15 is 0 Å². The summed E-state index contributed by atoms with van der Waals surface area (Å²) in [6, 6.07) is 12.3. The van der Waals surface area contributed by atoms with Gasteiger partial charge in [0.2, 0.25) is 5.91 Å². The topological polar surface area (TPSA) is 64.6 Å². The van der Waals surface area contributed by atoms with Crippen LogP contribution in [0.3, 0.4) is 0 Å². The number of nitrogens with one attached hydrogen (secondary N) is 1. The van der Waals surface area contributed by atoms with Crippen molar-refractivity contribution in [1.29, 1.82) is 0 Å². The van der Waals surface area contributed by atoms with Crippen molar-refractivity contribution < 1.29 is 23.5 Å². The zero-order valence-corrected chi connectivity index (χ0v) is 15.3. The molecule has 0 aliphatic carbocycles. The van der Waals surface area contributed by atoms with E-state index in [2.05, 4.69) is 5.32 Å². The maximum absolute atomic E-state index is 12.7. The van der Waals surface area contributed by atoms with Crippen molar-refractivity contribution in [2.24, 2.45) is 0 Å². The second kappa shape index (κ2) is 10.7. The number of anilines is 1. The molecule has 26 heavy (non-hydrogen) atoms. The fraction of sp³-hybridized carbons (Fsp3) is 0.222. The summed E-state index contributed by atoms with van der Waals surface area (Å²) in [6.07, 6.45) is 0. The molecule has 0 aliphatic rings. The number of esters is 1. The Morgan fingerprint density at radius 3 is 2.38 bits per heavy atom. The highest BCUT2D eigenvalue weighted by molar-refractivity contribution is 8.00. The molecule has 5 nitrogen and oxygen atoms in total. The van der Waals surface area contributed by atoms with Gasteiger partial charge in [-0.15, -0.1) is 11.8 Å². The van der Waals surface area contributed by atoms with Crippen molar-refractivity contribution in [2.45, 2.75) is 0 Å². The number of carbonyl (C=O) groups is 2. The molecular formula is C18H17ClFNO4S. The van der Waals surface area contributed by atoms with Crippen molar-refractivity contribution in [2.75, 3.05) is 30.0 Å². The molecule has 0 unspecified atom stereocenters. The number of hydrogen-bond donors (Lipinski definition) is 1. The van der Waals surface area contributed by atoms with Gasteiger partial charge >= 0.3 is 5.97 Å². The van der Waals surface area contributed by atoms with Crippen LogP contribution in [0.5, 0.6) is 5.75 Å². The summed E-state index contributed by atoms with van der Waals surface area (Å²) in [7, 11) is 0. The Labute approximate surface area is 159 Å². The molecule has 0 aromatic heterocycles. The van der Waals surface area contributed by atoms with Gasteiger partial charge in [-0.1, -0.05) is 11.6 Å². The molecule has 0 bridgehead atoms. The van der Waals surface area contributed by atoms with E-state index in [1.807, 2.05) is 0 Å². The van der Waals surface area contributed by atoms with Crippen molar-refractivity contribution >= 4 is 40.9 Å². The van der Waals surface area contributed by atoms with Crippen molar-refractivity contribution in [1.82, 2.24) is 0 Å². The molecule has 0 atom stereocenters. The minimum absolute atomic E-state index is 0.0601. The standard InChI is InChI=1S/C18H17ClFNO4S/c19-13-1-5-15(6-2-13)21-17(22)11-26-12-18(23)25-10-9-24-16-7-3-14(20)4-8-16/h1-8H,9-12H2,(H,21,22). The van der Waals surface area contributed by atoms with Crippen LogP contribution in [0.4, 0.5) is 10.1 Å². The summed E-state index contributed by atoms with van der Waals surface area (Å²) in [6.45, 7) is 0.243. The van der Waals surface area contributed by atoms with Gasteiger partial charge in [-0.05, 0) is 48.5 Å². The van der Waals surface area contributed by atoms with Gasteiger partial charge in [-0.3, -0.25) is 9.59 Å². The Bertz CT molecular complexity index is 725. The molecule has 0 aliphatic heterocycles. The third-order valence-corrected chi connectivity index (χ3v) is 4.17. The van der Waals surface area contributed by atoms with E-state index in [1.54, 1.807) is 24.3 Å². The summed E-state index contributed by atoms with van der Waals surface area (Å²) < 4.78 is 23.0. The first-order chi connectivity index (χ1) is 12.5. The fourth-order valence-corrected chi connectivity index (χ4v) is 2.58. The van der Waals surface area contributed by atoms with E-state index in [9.17, 15) is 14.0 Å². The molecule has 2 aromatic rings. The van der Waals surface area contributed by atoms with E-state index in [0.29, 0.717) is 16.5 Å². The number of ether oxygens (including phenoxy) is 2. The average Bonchev–Trinajstić information content (AvgIpc) is 2.62. The Balaban J connectivity index is 1.54. The summed E-state index contributed by atoms with van der Waals surface area (Å²) in [4.78, 5) is 23.3. The summed E-state index contributed by atoms with van der Waals surface area (Å²) in [5, 5.41) is 3.29. The zero-order chi connectivity index (χ0) is 18.8. The van der Waals surface area contributed by atoms with Crippen LogP contribution in [0, 0.1) is 5.82 Å². The first-order valence-electron chi connectivity index (χ1n) is 7.70. The number of rotatable bonds is 9. The molecular weight excluding hydrogens is 381 g/mol. The predicted octanol–water partition coefficient (Wildman–Crippen LogP) is 3.77. The van der Waals surface area contributed by atoms with Crippen LogP contribution in [-0.4, -0.2) is 36.6 Å². The highest BCUT2D eigenvalue weighted by atomic mass is 35.5. The first kappa shape index (κ1) is 20.1. The van der Waals surface area contributed by atoms with Crippen LogP contribution in [-0.2, 0) is 14.3 Å². The predicted molar refractivity (Wildman–Crippen MR) is 100 cm³/mol. The average molecular weight is 398 g/mol. The van der Waals surface area contributed by atoms with Crippen molar-refractivity contribution in [3.8, 4) is 5.75 Å². The zero-order valence-electron chi connectivity index (χ0n) is 13.7. The van der Waals surface area contributed by atoms with Crippen LogP contribution in [0.1, 0.15) is 0 Å². The first-order valence-corrected chi connectivity index (χ1v) is 9.23. The Morgan fingerprint density at radius 2 is 1.69 bits per heavy atom. The highest BCUT2D eigenvalue weighted by Gasteiger charge is 2.07. The molecule has 0 spiro atoms. The summed E-state index contributed by atoms with van der Waals surface area (Å²) in [5.41, 5.74) is 0.639. The molecule has 0 saturated heterocycles. The van der Waals surface area contributed by atoms with Crippen LogP contribution < -0.4 is 10.1 Å². The molecule has 1 amide bonds. The summed E-state index contributed by atoms with van der Waals surface area (Å²) >= 11 is 6.92. The Kier molecular flexibility index (Phi) is 8.24. The molecule has 0 heterocycles. The van der Waals surface area contributed by atoms with Gasteiger partial charge < -0.3 is 14.8 Å². The number of thioether (sulfide) groups is 1. The monoisotopic (exact) mass is 397 g/mol. The van der Waals surface area contributed by atoms with Crippen molar-refractivity contribution in [3.05, 3.63) is 59.4 Å². The van der Waals surface area contributed by atoms with Crippen molar-refractivity contribution in [3.63, 3.8) is 0 Å². The normalized spacial score (nSPS) is 10.2. The Hall–Kier alpha value is -2.25. The maximum atomic E-state index is 12.7. The van der Waals surface area contributed by atoms with E-state index in [0.717, 1.165) is 11.8 Å². The number of halogens is 2. The van der Waals surface area contributed by atoms with Gasteiger partial charge in [0, 0.05) is 10.7 Å². The maximum Gasteiger partial charge on any atom is 0.316 e. The lowest BCUT2D eigenvalue weighted by molar-refractivity contribution is -0.141. The smallest absolute Gasteiger partial charge is 0.316 e. The SMILES string of the molecule is O=C(CSCC(=O)OCCOc1ccc(F)cc1)Nc1ccc(Cl)cc1. The second-order valence-electron chi connectivity index (χ2n) is 5.07. The summed E-state index contributed by atoms with van der Waals surface area (Å²) in [5.74, 6) is -0.313. The molecule has 2 rings (SSSR count). The van der Waals surface area contributed by atoms with Crippen LogP contribution in [0.2, 0.25) is 5.02 Å². The number of carbonyl (C=O) groups excluding carboxylic acids is 2. The van der Waals surface area contributed by atoms with E-state index < -0.39 is 5.97 Å². The molecule has 138 valence electrons. The third-order valence-electron chi connectivity index (χ3n) is 3.01. The quantitative estimate of drug-likeness (QED) is 0.515. The van der Waals surface area contributed by atoms with E-state index in [1.165, 1.54) is 24.3 Å². The van der Waals surface area contributed by atoms with Gasteiger partial charge in [-0.2, -0.15) is 0 Å². The van der Waals surface area contributed by atoms with Crippen LogP contribution in [0.15, 0.2) is 48.5 Å². The van der Waals surface area contributed by atoms with Crippen LogP contribution in [0.25, 0.3) is 0 Å². The van der Waals surface area contributed by atoms with Gasteiger partial charge in [0.15, 0.2) is 0 Å². The minimum atomic E-state index is -0.433. The molecule has 1 N–H and O–H groups in total. The number of amides is 1. The lowest BCUT2D eigenvalue weighted by Crippen LogP contribution is -2.17. The van der Waals surface area contributed by atoms with E-state index in [4.69, 9.17) is 21.1 Å². The van der Waals surface area contributed by atoms with Gasteiger partial charge in [0.25, 0.3) is 0 Å². The molecule has 8 heteroatoms. The minimum Gasteiger partial charge on any atom is -0.490 e. The Morgan fingerprint density at radius 1 is 1.00 bits per heavy atom. The second-order valence-corrected chi connectivity index (χ2v) is 6.49. The number of benzene rings is 2. The molecule has 0 saturated carbocycles. The molecule has 0 fully saturated rings. The third kappa shape index (κ3) is 7.76. The van der Waals surface area contributed by atoms with Gasteiger partial charge in [0.05, 0.1) is 11.5 Å². The lowest BCUT2D eigenvalue weighted by atomic mass is 10.3. The van der Waals surface area contributed by atoms with Gasteiger partial charge in [0.1, 0.15) is 24.8 Å². The largest absolute Gasteiger partial charge is 0.490 e. The van der Waals surface area contributed by atoms with Gasteiger partial charge in [-0.25, -0.2) is 4.39 Å².